The molecule has 0 atom stereocenters. The summed E-state index contributed by atoms with van der Waals surface area (Å²) < 4.78 is 0. The Morgan fingerprint density at radius 1 is 0.857 bits per heavy atom. The summed E-state index contributed by atoms with van der Waals surface area (Å²) >= 11 is 11.7. The van der Waals surface area contributed by atoms with Crippen LogP contribution in [-0.2, 0) is 4.84 Å². The van der Waals surface area contributed by atoms with Gasteiger partial charge in [0, 0.05) is 5.02 Å². The van der Waals surface area contributed by atoms with E-state index in [1.165, 1.54) is 0 Å². The number of benzene rings is 3. The number of hydrogen-bond donors (Lipinski definition) is 1. The molecule has 0 fully saturated rings. The number of halogens is 2. The first-order valence-electron chi connectivity index (χ1n) is 8.06. The predicted octanol–water partition coefficient (Wildman–Crippen LogP) is 6.10. The predicted molar refractivity (Wildman–Crippen MR) is 107 cm³/mol. The first-order valence-corrected chi connectivity index (χ1v) is 8.82. The van der Waals surface area contributed by atoms with Crippen LogP contribution in [0, 0.1) is 0 Å². The average Bonchev–Trinajstić information content (AvgIpc) is 2.72. The van der Waals surface area contributed by atoms with Crippen LogP contribution < -0.4 is 5.48 Å². The van der Waals surface area contributed by atoms with Gasteiger partial charge in [-0.3, -0.25) is 4.79 Å². The molecule has 3 aromatic carbocycles. The van der Waals surface area contributed by atoms with Gasteiger partial charge >= 0.3 is 5.97 Å². The Morgan fingerprint density at radius 2 is 1.54 bits per heavy atom. The summed E-state index contributed by atoms with van der Waals surface area (Å²) in [6, 6.07) is 19.4. The normalized spacial score (nSPS) is 10.6. The number of nitrogens with one attached hydrogen (secondary N) is 1. The van der Waals surface area contributed by atoms with Crippen molar-refractivity contribution in [3.8, 4) is 0 Å². The number of azo groups is 1. The lowest BCUT2D eigenvalue weighted by molar-refractivity contribution is 0.0596. The van der Waals surface area contributed by atoms with Crippen LogP contribution in [0.1, 0.15) is 20.7 Å². The highest BCUT2D eigenvalue weighted by atomic mass is 35.5. The molecule has 0 heterocycles. The number of rotatable bonds is 5. The maximum absolute atomic E-state index is 12.0. The summed E-state index contributed by atoms with van der Waals surface area (Å²) in [5.41, 5.74) is 4.16. The van der Waals surface area contributed by atoms with Gasteiger partial charge in [-0.05, 0) is 60.7 Å². The van der Waals surface area contributed by atoms with Crippen LogP contribution in [0.15, 0.2) is 83.0 Å². The van der Waals surface area contributed by atoms with Crippen molar-refractivity contribution >= 4 is 46.5 Å². The standard InChI is InChI=1S/C20H13Cl2N3O3/c21-14-7-5-13(6-8-14)20(27)28-25-16-11-9-15(10-12-16)23-24-19(26)17-3-1-2-4-18(17)22/h1-12,25H. The highest BCUT2D eigenvalue weighted by Crippen LogP contribution is 2.20. The highest BCUT2D eigenvalue weighted by Gasteiger charge is 2.09. The van der Waals surface area contributed by atoms with E-state index >= 15 is 0 Å². The van der Waals surface area contributed by atoms with E-state index in [0.29, 0.717) is 27.0 Å². The minimum absolute atomic E-state index is 0.278. The zero-order valence-electron chi connectivity index (χ0n) is 14.3. The van der Waals surface area contributed by atoms with Crippen LogP contribution in [0.5, 0.6) is 0 Å². The van der Waals surface area contributed by atoms with Crippen molar-refractivity contribution in [1.82, 2.24) is 0 Å². The Bertz CT molecular complexity index is 1020. The molecule has 3 aromatic rings. The Labute approximate surface area is 170 Å². The summed E-state index contributed by atoms with van der Waals surface area (Å²) in [7, 11) is 0. The van der Waals surface area contributed by atoms with E-state index in [2.05, 4.69) is 15.7 Å². The Hall–Kier alpha value is -3.22. The summed E-state index contributed by atoms with van der Waals surface area (Å²) in [6.45, 7) is 0. The van der Waals surface area contributed by atoms with E-state index in [9.17, 15) is 9.59 Å². The van der Waals surface area contributed by atoms with E-state index < -0.39 is 11.9 Å². The van der Waals surface area contributed by atoms with Gasteiger partial charge in [0.1, 0.15) is 0 Å². The van der Waals surface area contributed by atoms with Gasteiger partial charge in [0.05, 0.1) is 27.5 Å². The molecule has 1 amide bonds. The molecule has 0 aliphatic carbocycles. The lowest BCUT2D eigenvalue weighted by atomic mass is 10.2. The molecular weight excluding hydrogens is 401 g/mol. The largest absolute Gasteiger partial charge is 0.362 e. The molecule has 6 nitrogen and oxygen atoms in total. The molecule has 0 aliphatic rings. The fourth-order valence-electron chi connectivity index (χ4n) is 2.14. The quantitative estimate of drug-likeness (QED) is 0.404. The van der Waals surface area contributed by atoms with Gasteiger partial charge < -0.3 is 4.84 Å². The number of nitrogens with zero attached hydrogens (tertiary/aromatic N) is 2. The van der Waals surface area contributed by atoms with Crippen LogP contribution in [0.2, 0.25) is 10.0 Å². The van der Waals surface area contributed by atoms with Gasteiger partial charge in [-0.25, -0.2) is 10.3 Å². The molecular formula is C20H13Cl2N3O3. The molecule has 0 saturated heterocycles. The van der Waals surface area contributed by atoms with Crippen molar-refractivity contribution in [2.24, 2.45) is 10.2 Å². The lowest BCUT2D eigenvalue weighted by Crippen LogP contribution is -2.10. The fraction of sp³-hybridized carbons (Fsp3) is 0. The second-order valence-electron chi connectivity index (χ2n) is 5.53. The number of amides is 1. The summed E-state index contributed by atoms with van der Waals surface area (Å²) in [5.74, 6) is -1.09. The van der Waals surface area contributed by atoms with Crippen molar-refractivity contribution in [3.63, 3.8) is 0 Å². The van der Waals surface area contributed by atoms with Crippen LogP contribution in [0.25, 0.3) is 0 Å². The molecule has 1 N–H and O–H groups in total. The molecule has 0 unspecified atom stereocenters. The molecule has 0 radical (unpaired) electrons. The number of anilines is 1. The van der Waals surface area contributed by atoms with E-state index in [1.54, 1.807) is 72.8 Å². The van der Waals surface area contributed by atoms with Crippen LogP contribution >= 0.6 is 23.2 Å². The average molecular weight is 414 g/mol. The minimum Gasteiger partial charge on any atom is -0.338 e. The molecule has 0 saturated carbocycles. The maximum Gasteiger partial charge on any atom is 0.362 e. The number of carbonyl (C=O) groups is 2. The Morgan fingerprint density at radius 3 is 2.21 bits per heavy atom. The molecule has 0 bridgehead atoms. The summed E-state index contributed by atoms with van der Waals surface area (Å²) in [6.07, 6.45) is 0. The third-order valence-corrected chi connectivity index (χ3v) is 4.15. The van der Waals surface area contributed by atoms with Crippen molar-refractivity contribution in [3.05, 3.63) is 94.0 Å². The molecule has 140 valence electrons. The van der Waals surface area contributed by atoms with Gasteiger partial charge in [0.25, 0.3) is 5.91 Å². The van der Waals surface area contributed by atoms with Crippen molar-refractivity contribution < 1.29 is 14.4 Å². The maximum atomic E-state index is 12.0. The second-order valence-corrected chi connectivity index (χ2v) is 6.37. The smallest absolute Gasteiger partial charge is 0.338 e. The van der Waals surface area contributed by atoms with Crippen LogP contribution in [0.4, 0.5) is 11.4 Å². The number of hydrogen-bond acceptors (Lipinski definition) is 5. The number of carbonyl (C=O) groups excluding carboxylic acids is 2. The van der Waals surface area contributed by atoms with Crippen molar-refractivity contribution in [2.75, 3.05) is 5.48 Å². The zero-order valence-corrected chi connectivity index (χ0v) is 15.8. The topological polar surface area (TPSA) is 80.1 Å². The van der Waals surface area contributed by atoms with Crippen LogP contribution in [-0.4, -0.2) is 11.9 Å². The zero-order chi connectivity index (χ0) is 19.9. The van der Waals surface area contributed by atoms with E-state index in [-0.39, 0.29) is 5.56 Å². The second kappa shape index (κ2) is 9.12. The van der Waals surface area contributed by atoms with Gasteiger partial charge in [0.15, 0.2) is 0 Å². The third-order valence-electron chi connectivity index (χ3n) is 3.57. The van der Waals surface area contributed by atoms with Gasteiger partial charge in [-0.1, -0.05) is 35.3 Å². The minimum atomic E-state index is -0.550. The van der Waals surface area contributed by atoms with E-state index in [1.807, 2.05) is 0 Å². The van der Waals surface area contributed by atoms with Crippen molar-refractivity contribution in [1.29, 1.82) is 0 Å². The van der Waals surface area contributed by atoms with Crippen LogP contribution in [0.3, 0.4) is 0 Å². The Balaban J connectivity index is 1.57. The highest BCUT2D eigenvalue weighted by molar-refractivity contribution is 6.33. The van der Waals surface area contributed by atoms with Gasteiger partial charge in [0.2, 0.25) is 0 Å². The van der Waals surface area contributed by atoms with Crippen molar-refractivity contribution in [2.45, 2.75) is 0 Å². The molecule has 0 aliphatic heterocycles. The third kappa shape index (κ3) is 5.16. The molecule has 3 rings (SSSR count). The molecule has 8 heteroatoms. The molecule has 0 aromatic heterocycles. The summed E-state index contributed by atoms with van der Waals surface area (Å²) in [4.78, 5) is 29.0. The monoisotopic (exact) mass is 413 g/mol. The van der Waals surface area contributed by atoms with Gasteiger partial charge in [-0.15, -0.1) is 10.2 Å². The fourth-order valence-corrected chi connectivity index (χ4v) is 2.48. The first kappa shape index (κ1) is 19.5. The lowest BCUT2D eigenvalue weighted by Gasteiger charge is -2.07. The summed E-state index contributed by atoms with van der Waals surface area (Å²) in [5, 5.41) is 8.39. The van der Waals surface area contributed by atoms with E-state index in [0.717, 1.165) is 0 Å². The van der Waals surface area contributed by atoms with Gasteiger partial charge in [-0.2, -0.15) is 0 Å². The molecule has 28 heavy (non-hydrogen) atoms. The van der Waals surface area contributed by atoms with E-state index in [4.69, 9.17) is 28.0 Å². The first-order chi connectivity index (χ1) is 13.5. The molecule has 0 spiro atoms. The SMILES string of the molecule is O=C(ONc1ccc(N=NC(=O)c2ccccc2Cl)cc1)c1ccc(Cl)cc1. The Kier molecular flexibility index (Phi) is 6.37.